The van der Waals surface area contributed by atoms with Crippen LogP contribution in [-0.2, 0) is 6.42 Å². The maximum Gasteiger partial charge on any atom is 0.0191 e. The van der Waals surface area contributed by atoms with Crippen LogP contribution >= 0.6 is 23.1 Å². The minimum absolute atomic E-state index is 0.819. The molecule has 1 aromatic heterocycles. The molecule has 1 saturated heterocycles. The number of thiophene rings is 1. The second-order valence-electron chi connectivity index (χ2n) is 4.58. The van der Waals surface area contributed by atoms with Gasteiger partial charge in [0.2, 0.25) is 0 Å². The van der Waals surface area contributed by atoms with Crippen molar-refractivity contribution in [2.24, 2.45) is 0 Å². The van der Waals surface area contributed by atoms with Gasteiger partial charge in [-0.3, -0.25) is 0 Å². The van der Waals surface area contributed by atoms with Crippen molar-refractivity contribution >= 4 is 23.1 Å². The van der Waals surface area contributed by atoms with Crippen molar-refractivity contribution in [3.05, 3.63) is 22.4 Å². The zero-order chi connectivity index (χ0) is 11.9. The van der Waals surface area contributed by atoms with Gasteiger partial charge in [-0.25, -0.2) is 0 Å². The van der Waals surface area contributed by atoms with E-state index < -0.39 is 0 Å². The van der Waals surface area contributed by atoms with Crippen LogP contribution in [0, 0.1) is 0 Å². The monoisotopic (exact) mass is 270 g/mol. The second kappa shape index (κ2) is 7.41. The van der Waals surface area contributed by atoms with Crippen LogP contribution in [0.25, 0.3) is 0 Å². The van der Waals surface area contributed by atoms with E-state index in [4.69, 9.17) is 0 Å². The summed E-state index contributed by atoms with van der Waals surface area (Å²) in [7, 11) is 2.26. The normalized spacial score (nSPS) is 20.2. The first kappa shape index (κ1) is 13.4. The summed E-state index contributed by atoms with van der Waals surface area (Å²) >= 11 is 3.95. The van der Waals surface area contributed by atoms with E-state index in [1.54, 1.807) is 0 Å². The predicted molar refractivity (Wildman–Crippen MR) is 79.3 cm³/mol. The Balaban J connectivity index is 1.51. The van der Waals surface area contributed by atoms with Gasteiger partial charge in [0.1, 0.15) is 0 Å². The van der Waals surface area contributed by atoms with Gasteiger partial charge in [-0.15, -0.1) is 11.3 Å². The predicted octanol–water partition coefficient (Wildman–Crippen LogP) is 2.32. The summed E-state index contributed by atoms with van der Waals surface area (Å²) in [4.78, 5) is 4.00. The summed E-state index contributed by atoms with van der Waals surface area (Å²) in [5, 5.41) is 5.69. The first-order valence-electron chi connectivity index (χ1n) is 6.37. The van der Waals surface area contributed by atoms with Crippen LogP contribution in [0.4, 0.5) is 0 Å². The fourth-order valence-electron chi connectivity index (χ4n) is 2.10. The summed E-state index contributed by atoms with van der Waals surface area (Å²) < 4.78 is 0. The Hall–Kier alpha value is -0.0300. The van der Waals surface area contributed by atoms with Crippen LogP contribution in [0.15, 0.2) is 17.5 Å². The molecular formula is C13H22N2S2. The topological polar surface area (TPSA) is 15.3 Å². The van der Waals surface area contributed by atoms with Crippen LogP contribution in [0.3, 0.4) is 0 Å². The molecule has 0 aromatic carbocycles. The van der Waals surface area contributed by atoms with Crippen molar-refractivity contribution in [2.75, 3.05) is 38.2 Å². The van der Waals surface area contributed by atoms with Gasteiger partial charge in [0, 0.05) is 36.3 Å². The highest BCUT2D eigenvalue weighted by Gasteiger charge is 2.18. The average molecular weight is 270 g/mol. The molecule has 2 rings (SSSR count). The van der Waals surface area contributed by atoms with E-state index in [-0.39, 0.29) is 0 Å². The standard InChI is InChI=1S/C13H22N2S2/c1-15(12-5-10-16-11-12)8-7-14-6-4-13-3-2-9-17-13/h2-3,9,12,14H,4-8,10-11H2,1H3. The Labute approximate surface area is 113 Å². The van der Waals surface area contributed by atoms with E-state index in [1.165, 1.54) is 35.8 Å². The molecule has 1 N–H and O–H groups in total. The number of likely N-dealkylation sites (N-methyl/N-ethyl adjacent to an activating group) is 1. The van der Waals surface area contributed by atoms with Gasteiger partial charge >= 0.3 is 0 Å². The quantitative estimate of drug-likeness (QED) is 0.766. The van der Waals surface area contributed by atoms with E-state index in [0.717, 1.165) is 19.1 Å². The number of nitrogens with one attached hydrogen (secondary N) is 1. The zero-order valence-electron chi connectivity index (χ0n) is 10.5. The molecule has 2 nitrogen and oxygen atoms in total. The van der Waals surface area contributed by atoms with Crippen molar-refractivity contribution in [1.82, 2.24) is 10.2 Å². The van der Waals surface area contributed by atoms with Crippen molar-refractivity contribution in [3.8, 4) is 0 Å². The highest BCUT2D eigenvalue weighted by atomic mass is 32.2. The summed E-state index contributed by atoms with van der Waals surface area (Å²) in [5.74, 6) is 2.67. The zero-order valence-corrected chi connectivity index (χ0v) is 12.2. The fraction of sp³-hybridized carbons (Fsp3) is 0.692. The van der Waals surface area contributed by atoms with E-state index in [9.17, 15) is 0 Å². The Morgan fingerprint density at radius 1 is 1.47 bits per heavy atom. The largest absolute Gasteiger partial charge is 0.315 e. The summed E-state index contributed by atoms with van der Waals surface area (Å²) in [6.45, 7) is 3.40. The molecule has 0 bridgehead atoms. The Morgan fingerprint density at radius 2 is 2.41 bits per heavy atom. The van der Waals surface area contributed by atoms with Crippen LogP contribution < -0.4 is 5.32 Å². The smallest absolute Gasteiger partial charge is 0.0191 e. The first-order valence-corrected chi connectivity index (χ1v) is 8.41. The molecule has 96 valence electrons. The van der Waals surface area contributed by atoms with Crippen LogP contribution in [0.2, 0.25) is 0 Å². The third-order valence-corrected chi connectivity index (χ3v) is 5.38. The van der Waals surface area contributed by atoms with Gasteiger partial charge in [-0.1, -0.05) is 6.07 Å². The maximum atomic E-state index is 3.54. The van der Waals surface area contributed by atoms with Crippen molar-refractivity contribution < 1.29 is 0 Å². The molecule has 1 fully saturated rings. The molecule has 1 aliphatic heterocycles. The summed E-state index contributed by atoms with van der Waals surface area (Å²) in [6, 6.07) is 5.17. The van der Waals surface area contributed by atoms with Gasteiger partial charge in [0.15, 0.2) is 0 Å². The van der Waals surface area contributed by atoms with E-state index in [0.29, 0.717) is 0 Å². The summed E-state index contributed by atoms with van der Waals surface area (Å²) in [6.07, 6.45) is 2.54. The van der Waals surface area contributed by atoms with E-state index in [2.05, 4.69) is 46.5 Å². The number of nitrogens with zero attached hydrogens (tertiary/aromatic N) is 1. The first-order chi connectivity index (χ1) is 8.36. The molecule has 0 amide bonds. The van der Waals surface area contributed by atoms with Crippen molar-refractivity contribution in [3.63, 3.8) is 0 Å². The molecule has 2 heterocycles. The number of rotatable bonds is 7. The lowest BCUT2D eigenvalue weighted by Crippen LogP contribution is -2.37. The average Bonchev–Trinajstić information content (AvgIpc) is 3.01. The lowest BCUT2D eigenvalue weighted by molar-refractivity contribution is 0.262. The highest BCUT2D eigenvalue weighted by Crippen LogP contribution is 2.20. The maximum absolute atomic E-state index is 3.54. The molecule has 17 heavy (non-hydrogen) atoms. The molecular weight excluding hydrogens is 248 g/mol. The molecule has 0 saturated carbocycles. The van der Waals surface area contributed by atoms with Gasteiger partial charge in [-0.05, 0) is 37.1 Å². The minimum Gasteiger partial charge on any atom is -0.315 e. The molecule has 4 heteroatoms. The molecule has 0 radical (unpaired) electrons. The fourth-order valence-corrected chi connectivity index (χ4v) is 4.11. The SMILES string of the molecule is CN(CCNCCc1cccs1)C1CCSC1. The molecule has 1 aliphatic rings. The van der Waals surface area contributed by atoms with Crippen molar-refractivity contribution in [2.45, 2.75) is 18.9 Å². The number of hydrogen-bond acceptors (Lipinski definition) is 4. The Kier molecular flexibility index (Phi) is 5.85. The Morgan fingerprint density at radius 3 is 3.12 bits per heavy atom. The molecule has 1 atom stereocenters. The third-order valence-electron chi connectivity index (χ3n) is 3.30. The van der Waals surface area contributed by atoms with Gasteiger partial charge in [-0.2, -0.15) is 11.8 Å². The number of hydrogen-bond donors (Lipinski definition) is 1. The molecule has 0 spiro atoms. The lowest BCUT2D eigenvalue weighted by Gasteiger charge is -2.23. The van der Waals surface area contributed by atoms with Gasteiger partial charge < -0.3 is 10.2 Å². The van der Waals surface area contributed by atoms with E-state index in [1.807, 2.05) is 11.3 Å². The van der Waals surface area contributed by atoms with Crippen LogP contribution in [0.5, 0.6) is 0 Å². The lowest BCUT2D eigenvalue weighted by atomic mass is 10.2. The van der Waals surface area contributed by atoms with Crippen LogP contribution in [0.1, 0.15) is 11.3 Å². The molecule has 0 aliphatic carbocycles. The molecule has 1 aromatic rings. The van der Waals surface area contributed by atoms with Gasteiger partial charge in [0.25, 0.3) is 0 Å². The summed E-state index contributed by atoms with van der Waals surface area (Å²) in [5.41, 5.74) is 0. The number of thioether (sulfide) groups is 1. The van der Waals surface area contributed by atoms with E-state index >= 15 is 0 Å². The second-order valence-corrected chi connectivity index (χ2v) is 6.76. The third kappa shape index (κ3) is 4.62. The van der Waals surface area contributed by atoms with Crippen LogP contribution in [-0.4, -0.2) is 49.1 Å². The molecule has 1 unspecified atom stereocenters. The minimum atomic E-state index is 0.819. The van der Waals surface area contributed by atoms with Crippen molar-refractivity contribution in [1.29, 1.82) is 0 Å². The van der Waals surface area contributed by atoms with Gasteiger partial charge in [0.05, 0.1) is 0 Å². The highest BCUT2D eigenvalue weighted by molar-refractivity contribution is 7.99. The Bertz CT molecular complexity index is 294.